The molecule has 0 bridgehead atoms. The summed E-state index contributed by atoms with van der Waals surface area (Å²) in [4.78, 5) is 20.3. The number of halogens is 1. The van der Waals surface area contributed by atoms with Crippen LogP contribution in [0.2, 0.25) is 0 Å². The van der Waals surface area contributed by atoms with Crippen LogP contribution in [0.1, 0.15) is 0 Å². The second kappa shape index (κ2) is 5.27. The monoisotopic (exact) mass is 258 g/mol. The fourth-order valence-electron chi connectivity index (χ4n) is 0.279. The molecule has 0 atom stereocenters. The molecule has 0 aliphatic rings. The van der Waals surface area contributed by atoms with Crippen LogP contribution in [0.5, 0.6) is 0 Å². The molecule has 0 aliphatic heterocycles. The second-order valence-electron chi connectivity index (χ2n) is 1.39. The van der Waals surface area contributed by atoms with Crippen LogP contribution in [0.3, 0.4) is 0 Å². The third kappa shape index (κ3) is 5.60. The van der Waals surface area contributed by atoms with Gasteiger partial charge in [0.15, 0.2) is 0 Å². The fraction of sp³-hybridized carbons (Fsp3) is 0.500. The first kappa shape index (κ1) is 9.47. The average Bonchev–Trinajstić information content (AvgIpc) is 1.85. The Bertz CT molecular complexity index is 138. The van der Waals surface area contributed by atoms with Gasteiger partial charge in [-0.15, -0.1) is 0 Å². The number of urea groups is 1. The highest BCUT2D eigenvalue weighted by Crippen LogP contribution is 1.73. The predicted octanol–water partition coefficient (Wildman–Crippen LogP) is -0.237. The zero-order valence-electron chi connectivity index (χ0n) is 5.06. The molecule has 10 heavy (non-hydrogen) atoms. The number of rotatable bonds is 3. The Morgan fingerprint density at radius 2 is 2.00 bits per heavy atom. The standard InChI is InChI=1S/C4H7IN2O3/c5-2-7-4(10)6-1-3(8)9/h1-2H2,(H,8,9)(H2,6,7,10). The summed E-state index contributed by atoms with van der Waals surface area (Å²) in [6, 6.07) is -0.461. The SMILES string of the molecule is O=C(O)CNC(=O)NCI. The summed E-state index contributed by atoms with van der Waals surface area (Å²) in [5.74, 6) is -1.05. The number of nitrogens with one attached hydrogen (secondary N) is 2. The van der Waals surface area contributed by atoms with Crippen molar-refractivity contribution < 1.29 is 14.7 Å². The highest BCUT2D eigenvalue weighted by Gasteiger charge is 1.99. The molecule has 2 amide bonds. The van der Waals surface area contributed by atoms with Crippen LogP contribution in [0.25, 0.3) is 0 Å². The van der Waals surface area contributed by atoms with Gasteiger partial charge in [-0.2, -0.15) is 0 Å². The van der Waals surface area contributed by atoms with Crippen LogP contribution in [0.15, 0.2) is 0 Å². The lowest BCUT2D eigenvalue weighted by Gasteiger charge is -2.00. The van der Waals surface area contributed by atoms with Crippen molar-refractivity contribution in [3.8, 4) is 0 Å². The van der Waals surface area contributed by atoms with E-state index in [-0.39, 0.29) is 6.54 Å². The van der Waals surface area contributed by atoms with E-state index >= 15 is 0 Å². The number of amides is 2. The van der Waals surface area contributed by atoms with Crippen LogP contribution in [0.4, 0.5) is 4.79 Å². The molecule has 5 nitrogen and oxygen atoms in total. The van der Waals surface area contributed by atoms with E-state index in [2.05, 4.69) is 10.6 Å². The van der Waals surface area contributed by atoms with Gasteiger partial charge in [-0.25, -0.2) is 4.79 Å². The molecule has 0 fully saturated rings. The third-order valence-electron chi connectivity index (χ3n) is 0.628. The summed E-state index contributed by atoms with van der Waals surface area (Å²) in [6.07, 6.45) is 0. The van der Waals surface area contributed by atoms with E-state index in [9.17, 15) is 9.59 Å². The largest absolute Gasteiger partial charge is 0.480 e. The zero-order valence-corrected chi connectivity index (χ0v) is 7.21. The second-order valence-corrected chi connectivity index (χ2v) is 2.15. The maximum absolute atomic E-state index is 10.5. The minimum atomic E-state index is -1.05. The van der Waals surface area contributed by atoms with Gasteiger partial charge in [-0.3, -0.25) is 4.79 Å². The summed E-state index contributed by atoms with van der Waals surface area (Å²) in [7, 11) is 0. The van der Waals surface area contributed by atoms with Crippen LogP contribution < -0.4 is 10.6 Å². The van der Waals surface area contributed by atoms with Gasteiger partial charge in [0.1, 0.15) is 6.54 Å². The number of carbonyl (C=O) groups excluding carboxylic acids is 1. The van der Waals surface area contributed by atoms with E-state index in [1.807, 2.05) is 22.6 Å². The van der Waals surface area contributed by atoms with E-state index in [0.29, 0.717) is 4.55 Å². The van der Waals surface area contributed by atoms with Crippen molar-refractivity contribution in [3.63, 3.8) is 0 Å². The minimum Gasteiger partial charge on any atom is -0.480 e. The number of hydrogen-bond acceptors (Lipinski definition) is 2. The lowest BCUT2D eigenvalue weighted by atomic mass is 10.6. The first-order valence-electron chi connectivity index (χ1n) is 2.46. The van der Waals surface area contributed by atoms with Gasteiger partial charge in [-0.1, -0.05) is 22.6 Å². The molecule has 0 aromatic heterocycles. The van der Waals surface area contributed by atoms with Gasteiger partial charge in [-0.05, 0) is 0 Å². The Kier molecular flexibility index (Phi) is 4.99. The number of carboxylic acids is 1. The van der Waals surface area contributed by atoms with Crippen molar-refractivity contribution in [1.82, 2.24) is 10.6 Å². The Labute approximate surface area is 71.3 Å². The molecule has 0 radical (unpaired) electrons. The maximum atomic E-state index is 10.5. The van der Waals surface area contributed by atoms with Crippen LogP contribution >= 0.6 is 22.6 Å². The van der Waals surface area contributed by atoms with E-state index in [4.69, 9.17) is 5.11 Å². The summed E-state index contributed by atoms with van der Waals surface area (Å²) in [6.45, 7) is -0.345. The van der Waals surface area contributed by atoms with Crippen LogP contribution in [-0.2, 0) is 4.79 Å². The van der Waals surface area contributed by atoms with Crippen molar-refractivity contribution >= 4 is 34.6 Å². The quantitative estimate of drug-likeness (QED) is 0.371. The normalized spacial score (nSPS) is 8.50. The Hall–Kier alpha value is -0.530. The molecule has 58 valence electrons. The molecular formula is C4H7IN2O3. The summed E-state index contributed by atoms with van der Waals surface area (Å²) in [5, 5.41) is 12.6. The number of carbonyl (C=O) groups is 2. The summed E-state index contributed by atoms with van der Waals surface area (Å²) >= 11 is 1.94. The number of hydrogen-bond donors (Lipinski definition) is 3. The maximum Gasteiger partial charge on any atom is 0.323 e. The molecule has 0 rings (SSSR count). The molecule has 0 saturated carbocycles. The van der Waals surface area contributed by atoms with Gasteiger partial charge in [0.05, 0.1) is 4.55 Å². The molecule has 0 spiro atoms. The number of aliphatic carboxylic acids is 1. The smallest absolute Gasteiger partial charge is 0.323 e. The summed E-state index contributed by atoms with van der Waals surface area (Å²) in [5.41, 5.74) is 0. The number of alkyl halides is 1. The van der Waals surface area contributed by atoms with Crippen LogP contribution in [-0.4, -0.2) is 28.2 Å². The molecule has 0 aromatic rings. The van der Waals surface area contributed by atoms with Crippen molar-refractivity contribution in [2.45, 2.75) is 0 Å². The molecule has 3 N–H and O–H groups in total. The topological polar surface area (TPSA) is 78.4 Å². The van der Waals surface area contributed by atoms with E-state index in [1.54, 1.807) is 0 Å². The van der Waals surface area contributed by atoms with Gasteiger partial charge in [0.25, 0.3) is 0 Å². The molecule has 0 aliphatic carbocycles. The first-order chi connectivity index (χ1) is 4.66. The van der Waals surface area contributed by atoms with Gasteiger partial charge < -0.3 is 15.7 Å². The fourth-order valence-corrected chi connectivity index (χ4v) is 0.625. The molecule has 0 heterocycles. The molecular weight excluding hydrogens is 251 g/mol. The zero-order chi connectivity index (χ0) is 7.98. The third-order valence-corrected chi connectivity index (χ3v) is 1.01. The highest BCUT2D eigenvalue weighted by atomic mass is 127. The van der Waals surface area contributed by atoms with Crippen molar-refractivity contribution in [2.24, 2.45) is 0 Å². The lowest BCUT2D eigenvalue weighted by Crippen LogP contribution is -2.37. The molecule has 6 heteroatoms. The molecule has 0 saturated heterocycles. The van der Waals surface area contributed by atoms with E-state index in [0.717, 1.165) is 0 Å². The minimum absolute atomic E-state index is 0.345. The van der Waals surface area contributed by atoms with Crippen molar-refractivity contribution in [2.75, 3.05) is 11.1 Å². The number of carboxylic acid groups (broad SMARTS) is 1. The highest BCUT2D eigenvalue weighted by molar-refractivity contribution is 14.1. The van der Waals surface area contributed by atoms with Crippen molar-refractivity contribution in [1.29, 1.82) is 0 Å². The van der Waals surface area contributed by atoms with Crippen molar-refractivity contribution in [3.05, 3.63) is 0 Å². The van der Waals surface area contributed by atoms with Gasteiger partial charge >= 0.3 is 12.0 Å². The van der Waals surface area contributed by atoms with Crippen LogP contribution in [0, 0.1) is 0 Å². The van der Waals surface area contributed by atoms with Gasteiger partial charge in [0, 0.05) is 0 Å². The Balaban J connectivity index is 3.30. The van der Waals surface area contributed by atoms with Gasteiger partial charge in [0.2, 0.25) is 0 Å². The van der Waals surface area contributed by atoms with E-state index in [1.165, 1.54) is 0 Å². The summed E-state index contributed by atoms with van der Waals surface area (Å²) < 4.78 is 0.462. The molecule has 0 aromatic carbocycles. The Morgan fingerprint density at radius 1 is 1.40 bits per heavy atom. The predicted molar refractivity (Wildman–Crippen MR) is 43.1 cm³/mol. The first-order valence-corrected chi connectivity index (χ1v) is 3.99. The average molecular weight is 258 g/mol. The van der Waals surface area contributed by atoms with E-state index < -0.39 is 12.0 Å². The lowest BCUT2D eigenvalue weighted by molar-refractivity contribution is -0.135. The Morgan fingerprint density at radius 3 is 2.40 bits per heavy atom. The molecule has 0 unspecified atom stereocenters.